The van der Waals surface area contributed by atoms with Gasteiger partial charge in [0.15, 0.2) is 0 Å². The van der Waals surface area contributed by atoms with Gasteiger partial charge in [-0.15, -0.1) is 0 Å². The van der Waals surface area contributed by atoms with Gasteiger partial charge in [0, 0.05) is 59.3 Å². The van der Waals surface area contributed by atoms with Crippen molar-refractivity contribution in [2.24, 2.45) is 16.2 Å². The van der Waals surface area contributed by atoms with E-state index < -0.39 is 30.2 Å². The summed E-state index contributed by atoms with van der Waals surface area (Å²) >= 11 is 0. The summed E-state index contributed by atoms with van der Waals surface area (Å²) in [6, 6.07) is 17.4. The fraction of sp³-hybridized carbons (Fsp3) is 0.638. The smallest absolute Gasteiger partial charge is 0.870 e. The molecule has 0 aliphatic carbocycles. The van der Waals surface area contributed by atoms with Gasteiger partial charge in [0.2, 0.25) is 0 Å². The number of amides is 2. The number of carbonyl (C=O) groups is 5. The van der Waals surface area contributed by atoms with E-state index in [1.54, 1.807) is 11.8 Å². The first-order valence-corrected chi connectivity index (χ1v) is 22.5. The number of hydrogen-bond donors (Lipinski definition) is 2. The van der Waals surface area contributed by atoms with Crippen LogP contribution in [0.2, 0.25) is 0 Å². The molecule has 0 aromatic heterocycles. The largest absolute Gasteiger partial charge is 1.00 e. The predicted octanol–water partition coefficient (Wildman–Crippen LogP) is 2.57. The summed E-state index contributed by atoms with van der Waals surface area (Å²) in [4.78, 5) is 63.4. The van der Waals surface area contributed by atoms with Gasteiger partial charge in [-0.3, -0.25) is 14.6 Å². The average Bonchev–Trinajstić information content (AvgIpc) is 4.01. The predicted molar refractivity (Wildman–Crippen MR) is 230 cm³/mol. The molecule has 65 heavy (non-hydrogen) atoms. The minimum Gasteiger partial charge on any atom is -0.870 e. The number of carbonyl (C=O) groups excluding carboxylic acids is 4. The number of ether oxygens (including phenoxy) is 7. The van der Waals surface area contributed by atoms with Crippen molar-refractivity contribution in [3.8, 4) is 0 Å². The first kappa shape index (κ1) is 53.4. The van der Waals surface area contributed by atoms with Crippen LogP contribution < -0.4 is 24.2 Å². The van der Waals surface area contributed by atoms with E-state index in [2.05, 4.69) is 5.32 Å². The molecule has 6 saturated heterocycles. The van der Waals surface area contributed by atoms with Gasteiger partial charge in [-0.25, -0.2) is 19.2 Å². The molecule has 6 heterocycles. The molecule has 3 spiro atoms. The third-order valence-electron chi connectivity index (χ3n) is 13.3. The van der Waals surface area contributed by atoms with Crippen LogP contribution in [0.3, 0.4) is 0 Å². The third kappa shape index (κ3) is 14.6. The molecule has 0 saturated carbocycles. The fourth-order valence-electron chi connectivity index (χ4n) is 9.62. The van der Waals surface area contributed by atoms with Gasteiger partial charge in [0.25, 0.3) is 0 Å². The molecule has 3 atom stereocenters. The first-order valence-electron chi connectivity index (χ1n) is 22.5. The number of nitrogens with one attached hydrogen (secondary N) is 1. The van der Waals surface area contributed by atoms with E-state index in [-0.39, 0.29) is 71.8 Å². The zero-order valence-corrected chi connectivity index (χ0v) is 38.2. The number of carboxylic acids is 1. The molecule has 6 aliphatic heterocycles. The molecule has 17 nitrogen and oxygen atoms in total. The molecule has 1 unspecified atom stereocenters. The molecule has 18 heteroatoms. The number of aliphatic carboxylic acids is 1. The summed E-state index contributed by atoms with van der Waals surface area (Å²) in [7, 11) is 0. The Kier molecular flexibility index (Phi) is 21.1. The van der Waals surface area contributed by atoms with E-state index in [0.717, 1.165) is 75.8 Å². The minimum atomic E-state index is -0.968. The van der Waals surface area contributed by atoms with Crippen LogP contribution in [0.25, 0.3) is 0 Å². The van der Waals surface area contributed by atoms with Crippen molar-refractivity contribution >= 4 is 30.1 Å². The Bertz CT molecular complexity index is 1810. The number of likely N-dealkylation sites (tertiary alicyclic amines) is 2. The molecule has 2 aromatic carbocycles. The average molecular weight is 904 g/mol. The summed E-state index contributed by atoms with van der Waals surface area (Å²) in [6.07, 6.45) is 6.42. The van der Waals surface area contributed by atoms with E-state index in [4.69, 9.17) is 33.2 Å². The SMILES string of the molecule is CCOC(=O)C1CC2(CCOCC2)CN1.CCOC(=O)[C@@H]1CC2(CCOCC2)CN1C(=O)OCc1ccccc1.O=C(O)[C@@H]1CC2(CCOCC2)CN1C(=O)OCc1ccccc1.[Li+].[OH-]. The Morgan fingerprint density at radius 3 is 1.43 bits per heavy atom. The molecule has 2 aromatic rings. The van der Waals surface area contributed by atoms with Crippen molar-refractivity contribution in [2.45, 2.75) is 103 Å². The van der Waals surface area contributed by atoms with Gasteiger partial charge in [0.1, 0.15) is 31.3 Å². The van der Waals surface area contributed by atoms with Crippen LogP contribution in [0.5, 0.6) is 0 Å². The van der Waals surface area contributed by atoms with Gasteiger partial charge in [-0.1, -0.05) is 60.7 Å². The van der Waals surface area contributed by atoms with Crippen molar-refractivity contribution in [1.82, 2.24) is 15.1 Å². The zero-order chi connectivity index (χ0) is 44.7. The van der Waals surface area contributed by atoms with E-state index in [1.807, 2.05) is 67.6 Å². The summed E-state index contributed by atoms with van der Waals surface area (Å²) in [5, 5.41) is 12.7. The molecular formula is C47H66LiN3O14. The Hall–Kier alpha value is -4.21. The quantitative estimate of drug-likeness (QED) is 0.210. The molecular weight excluding hydrogens is 837 g/mol. The topological polar surface area (TPSA) is 219 Å². The summed E-state index contributed by atoms with van der Waals surface area (Å²) < 4.78 is 37.2. The van der Waals surface area contributed by atoms with Crippen LogP contribution in [0.1, 0.15) is 82.8 Å². The van der Waals surface area contributed by atoms with Gasteiger partial charge in [0.05, 0.1) is 13.2 Å². The summed E-state index contributed by atoms with van der Waals surface area (Å²) in [5.41, 5.74) is 1.88. The molecule has 6 aliphatic rings. The van der Waals surface area contributed by atoms with Crippen molar-refractivity contribution in [2.75, 3.05) is 72.5 Å². The maximum Gasteiger partial charge on any atom is 1.00 e. The van der Waals surface area contributed by atoms with Crippen LogP contribution in [0.4, 0.5) is 9.59 Å². The number of nitrogens with zero attached hydrogens (tertiary/aromatic N) is 2. The second-order valence-electron chi connectivity index (χ2n) is 17.6. The second kappa shape index (κ2) is 25.6. The minimum absolute atomic E-state index is 0. The van der Waals surface area contributed by atoms with Gasteiger partial charge < -0.3 is 49.1 Å². The molecule has 0 radical (unpaired) electrons. The standard InChI is InChI=1S/C19H25NO5.C17H21NO5.C11H19NO3.Li.H2O/c1-2-24-17(21)16-12-19(8-10-23-11-9-19)14-20(16)18(22)25-13-15-6-4-3-5-7-15;19-15(20)14-10-17(6-8-22-9-7-17)12-18(14)16(21)23-11-13-4-2-1-3-5-13;1-2-15-10(13)9-7-11(8-12-9)3-5-14-6-4-11;;/h3-7,16H,2,8-14H2,1H3;1-5,14H,6-12H2,(H,19,20);9,12H,2-8H2,1H3;;1H2/q;;;+1;/p-1/t16-;14-;;;/m00.../s1. The van der Waals surface area contributed by atoms with Crippen LogP contribution in [-0.2, 0) is 60.8 Å². The van der Waals surface area contributed by atoms with Gasteiger partial charge >= 0.3 is 49.0 Å². The number of esters is 2. The second-order valence-corrected chi connectivity index (χ2v) is 17.6. The Morgan fingerprint density at radius 1 is 0.600 bits per heavy atom. The van der Waals surface area contributed by atoms with Crippen molar-refractivity contribution < 1.29 is 86.6 Å². The Balaban J connectivity index is 0.000000216. The van der Waals surface area contributed by atoms with Crippen LogP contribution in [-0.4, -0.2) is 141 Å². The first-order chi connectivity index (χ1) is 30.5. The third-order valence-corrected chi connectivity index (χ3v) is 13.3. The van der Waals surface area contributed by atoms with E-state index in [0.29, 0.717) is 65.6 Å². The van der Waals surface area contributed by atoms with Crippen LogP contribution in [0.15, 0.2) is 60.7 Å². The Labute approximate surface area is 393 Å². The maximum absolute atomic E-state index is 12.6. The zero-order valence-electron chi connectivity index (χ0n) is 38.2. The molecule has 2 amide bonds. The van der Waals surface area contributed by atoms with E-state index >= 15 is 0 Å². The molecule has 354 valence electrons. The monoisotopic (exact) mass is 903 g/mol. The summed E-state index contributed by atoms with van der Waals surface area (Å²) in [6.45, 7) is 10.9. The number of benzene rings is 2. The molecule has 3 N–H and O–H groups in total. The number of carboxylic acid groups (broad SMARTS) is 1. The van der Waals surface area contributed by atoms with Crippen molar-refractivity contribution in [1.29, 1.82) is 0 Å². The van der Waals surface area contributed by atoms with Crippen LogP contribution in [0, 0.1) is 16.2 Å². The maximum atomic E-state index is 12.6. The summed E-state index contributed by atoms with van der Waals surface area (Å²) in [5.74, 6) is -1.41. The Morgan fingerprint density at radius 2 is 1.00 bits per heavy atom. The number of rotatable bonds is 9. The molecule has 8 rings (SSSR count). The van der Waals surface area contributed by atoms with Crippen LogP contribution >= 0.6 is 0 Å². The van der Waals surface area contributed by atoms with E-state index in [1.165, 1.54) is 4.90 Å². The molecule has 6 fully saturated rings. The van der Waals surface area contributed by atoms with E-state index in [9.17, 15) is 29.1 Å². The van der Waals surface area contributed by atoms with Gasteiger partial charge in [-0.2, -0.15) is 0 Å². The van der Waals surface area contributed by atoms with Crippen molar-refractivity contribution in [3.05, 3.63) is 71.8 Å². The normalized spacial score (nSPS) is 23.3. The molecule has 0 bridgehead atoms. The fourth-order valence-corrected chi connectivity index (χ4v) is 9.62. The number of hydrogen-bond acceptors (Lipinski definition) is 14. The van der Waals surface area contributed by atoms with Crippen molar-refractivity contribution in [3.63, 3.8) is 0 Å². The van der Waals surface area contributed by atoms with Gasteiger partial charge in [-0.05, 0) is 99.0 Å².